The van der Waals surface area contributed by atoms with Crippen LogP contribution in [0.3, 0.4) is 0 Å². The molecule has 1 aliphatic heterocycles. The van der Waals surface area contributed by atoms with Gasteiger partial charge in [0, 0.05) is 36.5 Å². The number of H-pyrrole nitrogens is 1. The molecule has 3 heterocycles. The molecule has 4 rings (SSSR count). The number of fused-ring (bicyclic) bond motifs is 1. The minimum Gasteiger partial charge on any atom is -0.361 e. The fourth-order valence-electron chi connectivity index (χ4n) is 3.54. The van der Waals surface area contributed by atoms with Gasteiger partial charge < -0.3 is 10.3 Å². The summed E-state index contributed by atoms with van der Waals surface area (Å²) in [5, 5.41) is 11.9. The molecule has 8 heteroatoms. The highest BCUT2D eigenvalue weighted by atomic mass is 35.5. The zero-order chi connectivity index (χ0) is 17.9. The Morgan fingerprint density at radius 3 is 2.89 bits per heavy atom. The van der Waals surface area contributed by atoms with Gasteiger partial charge in [0.2, 0.25) is 11.9 Å². The summed E-state index contributed by atoms with van der Waals surface area (Å²) < 4.78 is 1.67. The second kappa shape index (κ2) is 8.54. The number of nitrogens with zero attached hydrogens (tertiary/aromatic N) is 3. The minimum atomic E-state index is -0.0392. The van der Waals surface area contributed by atoms with Crippen LogP contribution in [0.15, 0.2) is 30.5 Å². The first kappa shape index (κ1) is 19.4. The maximum Gasteiger partial charge on any atom is 0.227 e. The third-order valence-corrected chi connectivity index (χ3v) is 5.03. The van der Waals surface area contributed by atoms with Crippen molar-refractivity contribution >= 4 is 35.2 Å². The molecule has 2 aromatic heterocycles. The van der Waals surface area contributed by atoms with Gasteiger partial charge in [0.1, 0.15) is 0 Å². The van der Waals surface area contributed by atoms with E-state index in [2.05, 4.69) is 31.8 Å². The summed E-state index contributed by atoms with van der Waals surface area (Å²) in [6.07, 6.45) is 5.16. The van der Waals surface area contributed by atoms with Crippen LogP contribution in [0.4, 0.5) is 5.95 Å². The number of anilines is 1. The molecule has 0 radical (unpaired) electrons. The third kappa shape index (κ3) is 4.31. The van der Waals surface area contributed by atoms with Crippen LogP contribution < -0.4 is 10.6 Å². The van der Waals surface area contributed by atoms with Crippen LogP contribution in [0, 0.1) is 0 Å². The molecule has 1 fully saturated rings. The van der Waals surface area contributed by atoms with E-state index in [1.807, 2.05) is 31.4 Å². The molecule has 0 bridgehead atoms. The van der Waals surface area contributed by atoms with Crippen molar-refractivity contribution in [3.63, 3.8) is 0 Å². The molecule has 7 nitrogen and oxygen atoms in total. The van der Waals surface area contributed by atoms with Crippen molar-refractivity contribution in [1.82, 2.24) is 25.1 Å². The Bertz CT molecular complexity index is 912. The van der Waals surface area contributed by atoms with E-state index >= 15 is 0 Å². The summed E-state index contributed by atoms with van der Waals surface area (Å²) in [5.41, 5.74) is 2.26. The molecule has 3 aromatic rings. The van der Waals surface area contributed by atoms with E-state index in [1.165, 1.54) is 5.39 Å². The molecular formula is C19H25ClN6O. The van der Waals surface area contributed by atoms with E-state index in [-0.39, 0.29) is 18.3 Å². The zero-order valence-electron chi connectivity index (χ0n) is 15.4. The monoisotopic (exact) mass is 388 g/mol. The number of amides is 1. The second-order valence-corrected chi connectivity index (χ2v) is 6.85. The maximum atomic E-state index is 12.4. The minimum absolute atomic E-state index is 0. The fraction of sp³-hybridized carbons (Fsp3) is 0.421. The zero-order valence-corrected chi connectivity index (χ0v) is 16.2. The van der Waals surface area contributed by atoms with Gasteiger partial charge in [0.15, 0.2) is 5.82 Å². The lowest BCUT2D eigenvalue weighted by atomic mass is 9.98. The van der Waals surface area contributed by atoms with Crippen molar-refractivity contribution < 1.29 is 4.79 Å². The summed E-state index contributed by atoms with van der Waals surface area (Å²) in [6.45, 7) is 1.99. The molecule has 1 aromatic carbocycles. The van der Waals surface area contributed by atoms with Crippen LogP contribution in [0.5, 0.6) is 0 Å². The number of aromatic amines is 1. The molecule has 0 unspecified atom stereocenters. The number of aromatic nitrogens is 4. The molecule has 144 valence electrons. The molecule has 0 spiro atoms. The summed E-state index contributed by atoms with van der Waals surface area (Å²) in [4.78, 5) is 20.2. The third-order valence-electron chi connectivity index (χ3n) is 5.03. The SMILES string of the molecule is Cl.Cn1nc(C2CCNCC2)nc1NC(=O)CCc1c[nH]c2ccccc12. The van der Waals surface area contributed by atoms with Gasteiger partial charge in [0.05, 0.1) is 0 Å². The average Bonchev–Trinajstić information content (AvgIpc) is 3.25. The molecule has 0 atom stereocenters. The van der Waals surface area contributed by atoms with Crippen molar-refractivity contribution in [2.24, 2.45) is 7.05 Å². The molecule has 3 N–H and O–H groups in total. The van der Waals surface area contributed by atoms with E-state index in [1.54, 1.807) is 4.68 Å². The number of piperidine rings is 1. The van der Waals surface area contributed by atoms with Gasteiger partial charge in [-0.15, -0.1) is 12.4 Å². The number of hydrogen-bond donors (Lipinski definition) is 3. The van der Waals surface area contributed by atoms with Crippen molar-refractivity contribution in [3.05, 3.63) is 41.9 Å². The number of benzene rings is 1. The predicted molar refractivity (Wildman–Crippen MR) is 108 cm³/mol. The van der Waals surface area contributed by atoms with Gasteiger partial charge in [-0.25, -0.2) is 4.68 Å². The fourth-order valence-corrected chi connectivity index (χ4v) is 3.54. The normalized spacial score (nSPS) is 14.9. The van der Waals surface area contributed by atoms with Crippen molar-refractivity contribution in [2.45, 2.75) is 31.6 Å². The Labute approximate surface area is 164 Å². The second-order valence-electron chi connectivity index (χ2n) is 6.85. The van der Waals surface area contributed by atoms with Crippen molar-refractivity contribution in [3.8, 4) is 0 Å². The standard InChI is InChI=1S/C19H24N6O.ClH/c1-25-19(23-18(24-25)13-8-10-20-11-9-13)22-17(26)7-6-14-12-21-16-5-3-2-4-15(14)16;/h2-5,12-13,20-21H,6-11H2,1H3,(H,22,23,24,26);1H. The van der Waals surface area contributed by atoms with Gasteiger partial charge in [-0.1, -0.05) is 18.2 Å². The lowest BCUT2D eigenvalue weighted by molar-refractivity contribution is -0.116. The predicted octanol–water partition coefficient (Wildman–Crippen LogP) is 2.76. The van der Waals surface area contributed by atoms with Crippen LogP contribution in [0.25, 0.3) is 10.9 Å². The van der Waals surface area contributed by atoms with Crippen LogP contribution in [0.1, 0.15) is 36.6 Å². The number of halogens is 1. The van der Waals surface area contributed by atoms with E-state index in [4.69, 9.17) is 0 Å². The highest BCUT2D eigenvalue weighted by Crippen LogP contribution is 2.23. The summed E-state index contributed by atoms with van der Waals surface area (Å²) in [7, 11) is 1.83. The molecule has 1 amide bonds. The number of para-hydroxylation sites is 1. The molecule has 0 aliphatic carbocycles. The lowest BCUT2D eigenvalue weighted by Crippen LogP contribution is -2.27. The van der Waals surface area contributed by atoms with Crippen molar-refractivity contribution in [1.29, 1.82) is 0 Å². The Morgan fingerprint density at radius 2 is 2.07 bits per heavy atom. The van der Waals surface area contributed by atoms with Crippen LogP contribution >= 0.6 is 12.4 Å². The van der Waals surface area contributed by atoms with E-state index in [9.17, 15) is 4.79 Å². The van der Waals surface area contributed by atoms with Crippen LogP contribution in [-0.2, 0) is 18.3 Å². The van der Waals surface area contributed by atoms with E-state index in [0.29, 0.717) is 24.7 Å². The smallest absolute Gasteiger partial charge is 0.227 e. The Hall–Kier alpha value is -2.38. The first-order chi connectivity index (χ1) is 12.7. The van der Waals surface area contributed by atoms with Crippen LogP contribution in [-0.4, -0.2) is 38.7 Å². The Kier molecular flexibility index (Phi) is 6.13. The van der Waals surface area contributed by atoms with Gasteiger partial charge in [-0.3, -0.25) is 10.1 Å². The maximum absolute atomic E-state index is 12.4. The van der Waals surface area contributed by atoms with Gasteiger partial charge in [0.25, 0.3) is 0 Å². The summed E-state index contributed by atoms with van der Waals surface area (Å²) in [6, 6.07) is 8.14. The number of hydrogen-bond acceptors (Lipinski definition) is 4. The molecular weight excluding hydrogens is 364 g/mol. The molecule has 1 aliphatic rings. The molecule has 0 saturated carbocycles. The topological polar surface area (TPSA) is 87.6 Å². The van der Waals surface area contributed by atoms with E-state index in [0.717, 1.165) is 42.8 Å². The quantitative estimate of drug-likeness (QED) is 0.627. The number of carbonyl (C=O) groups excluding carboxylic acids is 1. The molecule has 1 saturated heterocycles. The van der Waals surface area contributed by atoms with Gasteiger partial charge >= 0.3 is 0 Å². The van der Waals surface area contributed by atoms with Gasteiger partial charge in [-0.2, -0.15) is 10.1 Å². The number of aryl methyl sites for hydroxylation is 2. The Balaban J connectivity index is 0.00000210. The van der Waals surface area contributed by atoms with Crippen molar-refractivity contribution in [2.75, 3.05) is 18.4 Å². The number of nitrogens with one attached hydrogen (secondary N) is 3. The number of rotatable bonds is 5. The highest BCUT2D eigenvalue weighted by molar-refractivity contribution is 5.90. The lowest BCUT2D eigenvalue weighted by Gasteiger charge is -2.19. The first-order valence-corrected chi connectivity index (χ1v) is 9.17. The van der Waals surface area contributed by atoms with E-state index < -0.39 is 0 Å². The first-order valence-electron chi connectivity index (χ1n) is 9.17. The van der Waals surface area contributed by atoms with Crippen LogP contribution in [0.2, 0.25) is 0 Å². The highest BCUT2D eigenvalue weighted by Gasteiger charge is 2.21. The summed E-state index contributed by atoms with van der Waals surface area (Å²) in [5.74, 6) is 1.70. The molecule has 27 heavy (non-hydrogen) atoms. The summed E-state index contributed by atoms with van der Waals surface area (Å²) >= 11 is 0. The average molecular weight is 389 g/mol. The Morgan fingerprint density at radius 1 is 1.30 bits per heavy atom. The largest absolute Gasteiger partial charge is 0.361 e. The number of carbonyl (C=O) groups is 1. The van der Waals surface area contributed by atoms with Gasteiger partial charge in [-0.05, 0) is 44.0 Å².